The summed E-state index contributed by atoms with van der Waals surface area (Å²) >= 11 is 6.16. The number of nitrogens with zero attached hydrogens (tertiary/aromatic N) is 3. The Morgan fingerprint density at radius 2 is 1.72 bits per heavy atom. The predicted octanol–water partition coefficient (Wildman–Crippen LogP) is 7.14. The summed E-state index contributed by atoms with van der Waals surface area (Å²) in [5.41, 5.74) is 3.36. The number of hydrogen-bond donors (Lipinski definition) is 2. The van der Waals surface area contributed by atoms with Gasteiger partial charge in [0.05, 0.1) is 34.0 Å². The van der Waals surface area contributed by atoms with Crippen LogP contribution in [0.3, 0.4) is 0 Å². The molecule has 1 aliphatic rings. The van der Waals surface area contributed by atoms with Crippen LogP contribution in [0, 0.1) is 0 Å². The largest absolute Gasteiger partial charge is 0.481 e. The van der Waals surface area contributed by atoms with E-state index in [2.05, 4.69) is 27.5 Å². The first-order valence-electron chi connectivity index (χ1n) is 15.4. The number of alkyl carbamates (subject to hydrolysis) is 1. The van der Waals surface area contributed by atoms with Gasteiger partial charge in [0.2, 0.25) is 11.8 Å². The average Bonchev–Trinajstić information content (AvgIpc) is 3.00. The van der Waals surface area contributed by atoms with Crippen molar-refractivity contribution in [3.63, 3.8) is 0 Å². The summed E-state index contributed by atoms with van der Waals surface area (Å²) in [5.74, 6) is 0.586. The third kappa shape index (κ3) is 8.06. The van der Waals surface area contributed by atoms with Gasteiger partial charge in [-0.05, 0) is 100 Å². The van der Waals surface area contributed by atoms with Crippen LogP contribution in [0.2, 0.25) is 5.02 Å². The van der Waals surface area contributed by atoms with E-state index in [1.54, 1.807) is 30.5 Å². The number of carbonyl (C=O) groups is 1. The van der Waals surface area contributed by atoms with Crippen LogP contribution >= 0.6 is 11.6 Å². The minimum Gasteiger partial charge on any atom is -0.481 e. The Balaban J connectivity index is 1.31. The first-order valence-corrected chi connectivity index (χ1v) is 17.5. The van der Waals surface area contributed by atoms with Crippen molar-refractivity contribution >= 4 is 44.4 Å². The molecular weight excluding hydrogens is 626 g/mol. The number of aromatic nitrogens is 3. The number of rotatable bonds is 9. The lowest BCUT2D eigenvalue weighted by molar-refractivity contribution is 0.0492. The van der Waals surface area contributed by atoms with E-state index in [0.29, 0.717) is 17.5 Å². The zero-order valence-electron chi connectivity index (χ0n) is 26.8. The fraction of sp³-hybridized carbons (Fsp3) is 0.412. The van der Waals surface area contributed by atoms with Crippen molar-refractivity contribution in [3.8, 4) is 17.0 Å². The summed E-state index contributed by atoms with van der Waals surface area (Å²) in [5, 5.41) is 7.49. The molecule has 2 aromatic heterocycles. The van der Waals surface area contributed by atoms with E-state index in [9.17, 15) is 13.2 Å². The molecule has 1 aliphatic carbocycles. The molecule has 46 heavy (non-hydrogen) atoms. The highest BCUT2D eigenvalue weighted by Crippen LogP contribution is 2.35. The Labute approximate surface area is 275 Å². The van der Waals surface area contributed by atoms with Crippen molar-refractivity contribution in [2.75, 3.05) is 12.4 Å². The molecule has 12 heteroatoms. The standard InChI is InChI=1S/C34H40ClN5O5S/c1-6-21-18-29-22(19-36-32(40-29)38-23-11-13-24(14-12-23)39-33(41)45-34(2,3)4)17-27(21)26-16-15-25(37-31(26)44-5)20-46(42,43)30-10-8-7-9-28(30)35/h7-10,15-19,23-24H,6,11-14,20H2,1-5H3,(H,39,41)(H,36,38,40). The molecule has 2 N–H and O–H groups in total. The lowest BCUT2D eigenvalue weighted by Crippen LogP contribution is -2.42. The van der Waals surface area contributed by atoms with Crippen molar-refractivity contribution in [2.45, 2.75) is 88.1 Å². The van der Waals surface area contributed by atoms with Crippen LogP contribution < -0.4 is 15.4 Å². The smallest absolute Gasteiger partial charge is 0.407 e. The highest BCUT2D eigenvalue weighted by atomic mass is 35.5. The number of benzene rings is 2. The van der Waals surface area contributed by atoms with Crippen LogP contribution in [0.4, 0.5) is 10.7 Å². The summed E-state index contributed by atoms with van der Waals surface area (Å²) in [6, 6.07) is 14.3. The van der Waals surface area contributed by atoms with E-state index in [1.807, 2.05) is 39.0 Å². The number of anilines is 1. The van der Waals surface area contributed by atoms with E-state index >= 15 is 0 Å². The van der Waals surface area contributed by atoms with Crippen molar-refractivity contribution in [1.82, 2.24) is 20.3 Å². The molecule has 0 atom stereocenters. The Morgan fingerprint density at radius 1 is 1.00 bits per heavy atom. The Hall–Kier alpha value is -3.96. The van der Waals surface area contributed by atoms with Gasteiger partial charge in [0.15, 0.2) is 9.84 Å². The van der Waals surface area contributed by atoms with Crippen LogP contribution in [0.5, 0.6) is 5.88 Å². The molecule has 10 nitrogen and oxygen atoms in total. The Morgan fingerprint density at radius 3 is 2.39 bits per heavy atom. The number of ether oxygens (including phenoxy) is 2. The maximum absolute atomic E-state index is 13.1. The fourth-order valence-electron chi connectivity index (χ4n) is 5.66. The van der Waals surface area contributed by atoms with Gasteiger partial charge < -0.3 is 20.1 Å². The van der Waals surface area contributed by atoms with Gasteiger partial charge in [0.1, 0.15) is 5.60 Å². The zero-order chi connectivity index (χ0) is 33.1. The van der Waals surface area contributed by atoms with E-state index in [1.165, 1.54) is 13.2 Å². The lowest BCUT2D eigenvalue weighted by atomic mass is 9.91. The van der Waals surface area contributed by atoms with Gasteiger partial charge in [0, 0.05) is 29.2 Å². The molecule has 1 amide bonds. The maximum atomic E-state index is 13.1. The third-order valence-electron chi connectivity index (χ3n) is 7.88. The van der Waals surface area contributed by atoms with Crippen LogP contribution in [0.15, 0.2) is 59.6 Å². The quantitative estimate of drug-likeness (QED) is 0.191. The molecular formula is C34H40ClN5O5S. The minimum absolute atomic E-state index is 0.0704. The monoisotopic (exact) mass is 665 g/mol. The van der Waals surface area contributed by atoms with E-state index in [0.717, 1.165) is 59.7 Å². The first-order chi connectivity index (χ1) is 21.8. The zero-order valence-corrected chi connectivity index (χ0v) is 28.3. The third-order valence-corrected chi connectivity index (χ3v) is 10.0. The summed E-state index contributed by atoms with van der Waals surface area (Å²) in [6.45, 7) is 7.63. The van der Waals surface area contributed by atoms with Crippen LogP contribution in [-0.4, -0.2) is 54.3 Å². The van der Waals surface area contributed by atoms with Gasteiger partial charge in [-0.3, -0.25) is 0 Å². The van der Waals surface area contributed by atoms with Crippen LogP contribution in [-0.2, 0) is 26.7 Å². The SMILES string of the molecule is CCc1cc2nc(NC3CCC(NC(=O)OC(C)(C)C)CC3)ncc2cc1-c1ccc(CS(=O)(=O)c2ccccc2Cl)nc1OC. The highest BCUT2D eigenvalue weighted by molar-refractivity contribution is 7.90. The van der Waals surface area contributed by atoms with Gasteiger partial charge in [-0.2, -0.15) is 0 Å². The van der Waals surface area contributed by atoms with Crippen molar-refractivity contribution in [2.24, 2.45) is 0 Å². The van der Waals surface area contributed by atoms with Crippen molar-refractivity contribution in [1.29, 1.82) is 0 Å². The van der Waals surface area contributed by atoms with Gasteiger partial charge in [-0.25, -0.2) is 28.2 Å². The van der Waals surface area contributed by atoms with Gasteiger partial charge in [-0.1, -0.05) is 30.7 Å². The lowest BCUT2D eigenvalue weighted by Gasteiger charge is -2.30. The number of carbonyl (C=O) groups excluding carboxylic acids is 1. The Bertz CT molecular complexity index is 1840. The van der Waals surface area contributed by atoms with E-state index in [4.69, 9.17) is 26.1 Å². The maximum Gasteiger partial charge on any atom is 0.407 e. The molecule has 0 saturated heterocycles. The van der Waals surface area contributed by atoms with Crippen LogP contribution in [0.1, 0.15) is 64.6 Å². The normalized spacial score (nSPS) is 17.0. The second kappa shape index (κ2) is 13.8. The van der Waals surface area contributed by atoms with Crippen molar-refractivity contribution in [3.05, 3.63) is 71.0 Å². The summed E-state index contributed by atoms with van der Waals surface area (Å²) < 4.78 is 37.2. The number of halogens is 1. The topological polar surface area (TPSA) is 132 Å². The summed E-state index contributed by atoms with van der Waals surface area (Å²) in [4.78, 5) is 26.2. The molecule has 0 unspecified atom stereocenters. The molecule has 2 heterocycles. The molecule has 244 valence electrons. The number of nitrogens with one attached hydrogen (secondary N) is 2. The number of fused-ring (bicyclic) bond motifs is 1. The molecule has 1 saturated carbocycles. The predicted molar refractivity (Wildman–Crippen MR) is 180 cm³/mol. The molecule has 2 aromatic carbocycles. The number of aryl methyl sites for hydroxylation is 1. The number of hydrogen-bond acceptors (Lipinski definition) is 9. The molecule has 5 rings (SSSR count). The van der Waals surface area contributed by atoms with Crippen LogP contribution in [0.25, 0.3) is 22.0 Å². The second-order valence-corrected chi connectivity index (χ2v) is 14.9. The minimum atomic E-state index is -3.71. The summed E-state index contributed by atoms with van der Waals surface area (Å²) in [6.07, 6.45) is 5.60. The highest BCUT2D eigenvalue weighted by Gasteiger charge is 2.26. The van der Waals surface area contributed by atoms with E-state index < -0.39 is 15.4 Å². The second-order valence-electron chi connectivity index (χ2n) is 12.5. The number of methoxy groups -OCH3 is 1. The number of pyridine rings is 1. The average molecular weight is 666 g/mol. The molecule has 1 fully saturated rings. The van der Waals surface area contributed by atoms with Gasteiger partial charge in [-0.15, -0.1) is 0 Å². The molecule has 0 bridgehead atoms. The van der Waals surface area contributed by atoms with Gasteiger partial charge in [0.25, 0.3) is 0 Å². The molecule has 0 aliphatic heterocycles. The van der Waals surface area contributed by atoms with Gasteiger partial charge >= 0.3 is 6.09 Å². The molecule has 4 aromatic rings. The first kappa shape index (κ1) is 33.4. The van der Waals surface area contributed by atoms with Crippen molar-refractivity contribution < 1.29 is 22.7 Å². The fourth-order valence-corrected chi connectivity index (χ4v) is 7.51. The number of amides is 1. The molecule has 0 spiro atoms. The summed E-state index contributed by atoms with van der Waals surface area (Å²) in [7, 11) is -2.19. The Kier molecular flexibility index (Phi) is 10.0. The van der Waals surface area contributed by atoms with E-state index in [-0.39, 0.29) is 33.8 Å². The molecule has 0 radical (unpaired) electrons. The number of sulfone groups is 1.